The van der Waals surface area contributed by atoms with Crippen molar-refractivity contribution < 1.29 is 4.79 Å². The van der Waals surface area contributed by atoms with Crippen LogP contribution in [0.3, 0.4) is 0 Å². The van der Waals surface area contributed by atoms with Crippen molar-refractivity contribution in [2.45, 2.75) is 39.5 Å². The Morgan fingerprint density at radius 1 is 0.963 bits per heavy atom. The lowest BCUT2D eigenvalue weighted by Crippen LogP contribution is -2.52. The third kappa shape index (κ3) is 5.66. The van der Waals surface area contributed by atoms with Gasteiger partial charge in [-0.1, -0.05) is 25.0 Å². The van der Waals surface area contributed by atoms with E-state index in [1.807, 2.05) is 0 Å². The van der Waals surface area contributed by atoms with Crippen molar-refractivity contribution in [3.05, 3.63) is 29.3 Å². The zero-order chi connectivity index (χ0) is 19.2. The molecular weight excluding hydrogens is 356 g/mol. The molecule has 2 aliphatic heterocycles. The quantitative estimate of drug-likeness (QED) is 0.806. The number of hydrogen-bond donors (Lipinski definition) is 1. The first-order valence-corrected chi connectivity index (χ1v) is 10.6. The Kier molecular flexibility index (Phi) is 7.07. The van der Waals surface area contributed by atoms with Crippen molar-refractivity contribution in [3.8, 4) is 0 Å². The average Bonchev–Trinajstić information content (AvgIpc) is 2.95. The van der Waals surface area contributed by atoms with Crippen LogP contribution in [0.25, 0.3) is 0 Å². The van der Waals surface area contributed by atoms with Gasteiger partial charge in [0.25, 0.3) is 0 Å². The maximum Gasteiger partial charge on any atom is 0.236 e. The van der Waals surface area contributed by atoms with Crippen molar-refractivity contribution in [1.82, 2.24) is 14.7 Å². The lowest BCUT2D eigenvalue weighted by atomic mass is 10.1. The summed E-state index contributed by atoms with van der Waals surface area (Å²) in [6, 6.07) is 6.37. The highest BCUT2D eigenvalue weighted by molar-refractivity contribution is 7.80. The Morgan fingerprint density at radius 3 is 2.30 bits per heavy atom. The highest BCUT2D eigenvalue weighted by Gasteiger charge is 2.23. The molecule has 0 saturated carbocycles. The van der Waals surface area contributed by atoms with Crippen LogP contribution in [-0.2, 0) is 4.79 Å². The number of aryl methyl sites for hydroxylation is 2. The average molecular weight is 389 g/mol. The molecule has 0 atom stereocenters. The minimum absolute atomic E-state index is 0.293. The van der Waals surface area contributed by atoms with Gasteiger partial charge in [0.1, 0.15) is 0 Å². The summed E-state index contributed by atoms with van der Waals surface area (Å²) < 4.78 is 0. The van der Waals surface area contributed by atoms with Crippen LogP contribution in [0.4, 0.5) is 5.69 Å². The molecule has 148 valence electrons. The second-order valence-electron chi connectivity index (χ2n) is 7.81. The van der Waals surface area contributed by atoms with Gasteiger partial charge in [-0.25, -0.2) is 0 Å². The molecule has 0 unspecified atom stereocenters. The van der Waals surface area contributed by atoms with Gasteiger partial charge in [0.05, 0.1) is 6.54 Å². The number of hydrogen-bond acceptors (Lipinski definition) is 3. The van der Waals surface area contributed by atoms with Crippen LogP contribution in [0.1, 0.15) is 36.8 Å². The molecule has 0 spiro atoms. The zero-order valence-corrected chi connectivity index (χ0v) is 17.5. The molecule has 1 N–H and O–H groups in total. The van der Waals surface area contributed by atoms with E-state index < -0.39 is 0 Å². The molecule has 2 heterocycles. The molecule has 1 amide bonds. The third-order valence-corrected chi connectivity index (χ3v) is 5.97. The van der Waals surface area contributed by atoms with Crippen molar-refractivity contribution >= 4 is 28.9 Å². The van der Waals surface area contributed by atoms with Crippen molar-refractivity contribution in [2.24, 2.45) is 0 Å². The summed E-state index contributed by atoms with van der Waals surface area (Å²) in [6.07, 6.45) is 4.82. The van der Waals surface area contributed by atoms with Crippen LogP contribution in [0.5, 0.6) is 0 Å². The fourth-order valence-electron chi connectivity index (χ4n) is 3.79. The molecule has 0 aromatic heterocycles. The number of benzene rings is 1. The fraction of sp³-hybridized carbons (Fsp3) is 0.619. The number of carbonyl (C=O) groups is 1. The smallest absolute Gasteiger partial charge is 0.236 e. The lowest BCUT2D eigenvalue weighted by molar-refractivity contribution is -0.132. The summed E-state index contributed by atoms with van der Waals surface area (Å²) in [6.45, 7) is 10.1. The van der Waals surface area contributed by atoms with E-state index in [9.17, 15) is 4.79 Å². The maximum absolute atomic E-state index is 12.6. The summed E-state index contributed by atoms with van der Waals surface area (Å²) in [4.78, 5) is 19.1. The first kappa shape index (κ1) is 20.1. The second-order valence-corrected chi connectivity index (χ2v) is 8.19. The van der Waals surface area contributed by atoms with Crippen LogP contribution in [0.15, 0.2) is 18.2 Å². The van der Waals surface area contributed by atoms with Crippen LogP contribution < -0.4 is 5.32 Å². The van der Waals surface area contributed by atoms with Crippen molar-refractivity contribution in [2.75, 3.05) is 51.1 Å². The van der Waals surface area contributed by atoms with Gasteiger partial charge < -0.3 is 15.1 Å². The Balaban J connectivity index is 1.46. The summed E-state index contributed by atoms with van der Waals surface area (Å²) >= 11 is 5.62. The van der Waals surface area contributed by atoms with E-state index in [1.54, 1.807) is 0 Å². The predicted molar refractivity (Wildman–Crippen MR) is 115 cm³/mol. The predicted octanol–water partition coefficient (Wildman–Crippen LogP) is 3.02. The number of carbonyl (C=O) groups excluding carboxylic acids is 1. The van der Waals surface area contributed by atoms with Crippen LogP contribution in [-0.4, -0.2) is 71.5 Å². The summed E-state index contributed by atoms with van der Waals surface area (Å²) in [5.74, 6) is 0.293. The van der Waals surface area contributed by atoms with Gasteiger partial charge >= 0.3 is 0 Å². The van der Waals surface area contributed by atoms with Gasteiger partial charge in [0.2, 0.25) is 5.91 Å². The molecule has 5 nitrogen and oxygen atoms in total. The number of amides is 1. The highest BCUT2D eigenvalue weighted by Crippen LogP contribution is 2.17. The zero-order valence-electron chi connectivity index (χ0n) is 16.7. The van der Waals surface area contributed by atoms with E-state index >= 15 is 0 Å². The number of piperazine rings is 1. The van der Waals surface area contributed by atoms with E-state index in [0.29, 0.717) is 12.5 Å². The standard InChI is InChI=1S/C21H32N4OS/c1-17-7-8-18(2)19(15-17)22-21(27)25-13-11-23(12-14-25)16-20(26)24-9-5-3-4-6-10-24/h7-8,15H,3-6,9-14,16H2,1-2H3,(H,22,27). The first-order chi connectivity index (χ1) is 13.0. The third-order valence-electron chi connectivity index (χ3n) is 5.61. The number of anilines is 1. The number of nitrogens with zero attached hydrogens (tertiary/aromatic N) is 3. The maximum atomic E-state index is 12.6. The minimum Gasteiger partial charge on any atom is -0.346 e. The van der Waals surface area contributed by atoms with Gasteiger partial charge in [-0.15, -0.1) is 0 Å². The van der Waals surface area contributed by atoms with Crippen LogP contribution in [0, 0.1) is 13.8 Å². The Morgan fingerprint density at radius 2 is 1.63 bits per heavy atom. The molecule has 0 bridgehead atoms. The monoisotopic (exact) mass is 388 g/mol. The van der Waals surface area contributed by atoms with E-state index in [2.05, 4.69) is 52.1 Å². The Bertz CT molecular complexity index is 662. The molecule has 6 heteroatoms. The van der Waals surface area contributed by atoms with Crippen LogP contribution >= 0.6 is 12.2 Å². The van der Waals surface area contributed by atoms with Crippen molar-refractivity contribution in [1.29, 1.82) is 0 Å². The molecule has 27 heavy (non-hydrogen) atoms. The highest BCUT2D eigenvalue weighted by atomic mass is 32.1. The lowest BCUT2D eigenvalue weighted by Gasteiger charge is -2.36. The number of rotatable bonds is 3. The summed E-state index contributed by atoms with van der Waals surface area (Å²) in [7, 11) is 0. The molecule has 2 saturated heterocycles. The van der Waals surface area contributed by atoms with E-state index in [1.165, 1.54) is 24.0 Å². The minimum atomic E-state index is 0.293. The van der Waals surface area contributed by atoms with E-state index in [0.717, 1.165) is 62.9 Å². The molecule has 2 aliphatic rings. The molecule has 0 radical (unpaired) electrons. The van der Waals surface area contributed by atoms with E-state index in [-0.39, 0.29) is 0 Å². The normalized spacial score (nSPS) is 18.9. The topological polar surface area (TPSA) is 38.8 Å². The number of nitrogens with one attached hydrogen (secondary N) is 1. The summed E-state index contributed by atoms with van der Waals surface area (Å²) in [5, 5.41) is 4.18. The Hall–Kier alpha value is -1.66. The molecular formula is C21H32N4OS. The van der Waals surface area contributed by atoms with Gasteiger partial charge in [0.15, 0.2) is 5.11 Å². The van der Waals surface area contributed by atoms with Crippen LogP contribution in [0.2, 0.25) is 0 Å². The Labute approximate surface area is 168 Å². The molecule has 1 aromatic rings. The molecule has 3 rings (SSSR count). The molecule has 0 aliphatic carbocycles. The van der Waals surface area contributed by atoms with Gasteiger partial charge in [-0.3, -0.25) is 9.69 Å². The first-order valence-electron chi connectivity index (χ1n) is 10.2. The number of thiocarbonyl (C=S) groups is 1. The van der Waals surface area contributed by atoms with Gasteiger partial charge in [-0.2, -0.15) is 0 Å². The fourth-order valence-corrected chi connectivity index (χ4v) is 4.08. The van der Waals surface area contributed by atoms with E-state index in [4.69, 9.17) is 12.2 Å². The second kappa shape index (κ2) is 9.51. The largest absolute Gasteiger partial charge is 0.346 e. The SMILES string of the molecule is Cc1ccc(C)c(NC(=S)N2CCN(CC(=O)N3CCCCCC3)CC2)c1. The molecule has 2 fully saturated rings. The molecule has 1 aromatic carbocycles. The van der Waals surface area contributed by atoms with Gasteiger partial charge in [-0.05, 0) is 56.1 Å². The number of likely N-dealkylation sites (tertiary alicyclic amines) is 1. The summed E-state index contributed by atoms with van der Waals surface area (Å²) in [5.41, 5.74) is 3.51. The van der Waals surface area contributed by atoms with Crippen molar-refractivity contribution in [3.63, 3.8) is 0 Å². The van der Waals surface area contributed by atoms with Gasteiger partial charge in [0, 0.05) is 45.0 Å².